The fraction of sp³-hybridized carbons (Fsp3) is 0.368. The Morgan fingerprint density at radius 1 is 1.20 bits per heavy atom. The summed E-state index contributed by atoms with van der Waals surface area (Å²) in [6, 6.07) is 10.8. The van der Waals surface area contributed by atoms with E-state index >= 15 is 0 Å². The third-order valence-electron chi connectivity index (χ3n) is 3.60. The predicted molar refractivity (Wildman–Crippen MR) is 98.2 cm³/mol. The van der Waals surface area contributed by atoms with Crippen LogP contribution in [-0.4, -0.2) is 24.2 Å². The third-order valence-corrected chi connectivity index (χ3v) is 3.60. The van der Waals surface area contributed by atoms with Crippen molar-refractivity contribution >= 4 is 11.7 Å². The van der Waals surface area contributed by atoms with E-state index in [2.05, 4.69) is 15.6 Å². The topological polar surface area (TPSA) is 72.5 Å². The Morgan fingerprint density at radius 2 is 1.92 bits per heavy atom. The summed E-state index contributed by atoms with van der Waals surface area (Å²) in [6.45, 7) is 5.84. The number of nitrogens with one attached hydrogen (secondary N) is 2. The molecule has 0 fully saturated rings. The molecule has 6 heteroatoms. The lowest BCUT2D eigenvalue weighted by molar-refractivity contribution is 0.232. The van der Waals surface area contributed by atoms with E-state index in [1.807, 2.05) is 45.0 Å². The third kappa shape index (κ3) is 5.38. The van der Waals surface area contributed by atoms with Gasteiger partial charge in [-0.2, -0.15) is 0 Å². The molecule has 0 aliphatic rings. The minimum atomic E-state index is -0.302. The Balaban J connectivity index is 2.05. The lowest BCUT2D eigenvalue weighted by Crippen LogP contribution is -2.32. The second-order valence-corrected chi connectivity index (χ2v) is 5.86. The Kier molecular flexibility index (Phi) is 6.62. The molecule has 0 saturated heterocycles. The number of amides is 2. The summed E-state index contributed by atoms with van der Waals surface area (Å²) in [5.41, 5.74) is 1.56. The molecule has 25 heavy (non-hydrogen) atoms. The van der Waals surface area contributed by atoms with E-state index in [4.69, 9.17) is 9.47 Å². The van der Waals surface area contributed by atoms with Gasteiger partial charge in [-0.25, -0.2) is 9.78 Å². The van der Waals surface area contributed by atoms with E-state index in [9.17, 15) is 4.79 Å². The smallest absolute Gasteiger partial charge is 0.319 e. The van der Waals surface area contributed by atoms with Crippen LogP contribution in [0.15, 0.2) is 42.6 Å². The summed E-state index contributed by atoms with van der Waals surface area (Å²) < 4.78 is 10.8. The van der Waals surface area contributed by atoms with Crippen LogP contribution in [0.3, 0.4) is 0 Å². The highest BCUT2D eigenvalue weighted by molar-refractivity contribution is 5.90. The van der Waals surface area contributed by atoms with Gasteiger partial charge in [0.05, 0.1) is 19.3 Å². The van der Waals surface area contributed by atoms with E-state index in [0.717, 1.165) is 17.7 Å². The van der Waals surface area contributed by atoms with Gasteiger partial charge in [0.2, 0.25) is 5.88 Å². The number of pyridine rings is 1. The summed E-state index contributed by atoms with van der Waals surface area (Å²) in [7, 11) is 1.63. The number of hydrogen-bond acceptors (Lipinski definition) is 4. The lowest BCUT2D eigenvalue weighted by atomic mass is 10.0. The van der Waals surface area contributed by atoms with Crippen LogP contribution in [-0.2, 0) is 0 Å². The highest BCUT2D eigenvalue weighted by Crippen LogP contribution is 2.23. The number of carbonyl (C=O) groups is 1. The van der Waals surface area contributed by atoms with Crippen LogP contribution in [0, 0.1) is 0 Å². The molecular weight excluding hydrogens is 318 g/mol. The fourth-order valence-corrected chi connectivity index (χ4v) is 2.38. The number of carbonyl (C=O) groups excluding carboxylic acids is 1. The molecule has 1 heterocycles. The zero-order chi connectivity index (χ0) is 18.2. The van der Waals surface area contributed by atoms with Gasteiger partial charge in [0.15, 0.2) is 0 Å². The Bertz CT molecular complexity index is 687. The maximum atomic E-state index is 12.4. The summed E-state index contributed by atoms with van der Waals surface area (Å²) in [6.07, 6.45) is 2.37. The molecule has 0 bridgehead atoms. The first kappa shape index (κ1) is 18.6. The van der Waals surface area contributed by atoms with Gasteiger partial charge in [-0.05, 0) is 50.1 Å². The number of aromatic nitrogens is 1. The molecule has 2 rings (SSSR count). The number of hydrogen-bond donors (Lipinski definition) is 2. The number of methoxy groups -OCH3 is 1. The summed E-state index contributed by atoms with van der Waals surface area (Å²) >= 11 is 0. The van der Waals surface area contributed by atoms with Crippen molar-refractivity contribution in [1.29, 1.82) is 0 Å². The van der Waals surface area contributed by atoms with E-state index in [1.165, 1.54) is 0 Å². The molecule has 2 N–H and O–H groups in total. The molecule has 1 unspecified atom stereocenters. The van der Waals surface area contributed by atoms with Crippen molar-refractivity contribution in [2.45, 2.75) is 39.3 Å². The summed E-state index contributed by atoms with van der Waals surface area (Å²) in [5.74, 6) is 1.19. The van der Waals surface area contributed by atoms with Gasteiger partial charge < -0.3 is 20.1 Å². The van der Waals surface area contributed by atoms with Crippen LogP contribution in [0.25, 0.3) is 0 Å². The van der Waals surface area contributed by atoms with Crippen molar-refractivity contribution in [1.82, 2.24) is 10.3 Å². The van der Waals surface area contributed by atoms with Gasteiger partial charge in [0.1, 0.15) is 11.4 Å². The zero-order valence-corrected chi connectivity index (χ0v) is 15.1. The summed E-state index contributed by atoms with van der Waals surface area (Å²) in [5, 5.41) is 5.79. The van der Waals surface area contributed by atoms with E-state index in [-0.39, 0.29) is 18.2 Å². The van der Waals surface area contributed by atoms with Gasteiger partial charge in [0, 0.05) is 6.20 Å². The molecule has 0 spiro atoms. The molecule has 0 aliphatic heterocycles. The number of benzene rings is 1. The molecule has 0 radical (unpaired) electrons. The summed E-state index contributed by atoms with van der Waals surface area (Å²) in [4.78, 5) is 16.6. The first-order valence-corrected chi connectivity index (χ1v) is 8.36. The standard InChI is InChI=1S/C19H25N3O3/c1-5-16(14-8-10-15(24-4)11-9-14)21-19(23)22-17-7-6-12-20-18(17)25-13(2)3/h6-13,16H,5H2,1-4H3,(H2,21,22,23). The number of nitrogens with zero attached hydrogens (tertiary/aromatic N) is 1. The van der Waals surface area contributed by atoms with Crippen LogP contribution in [0.5, 0.6) is 11.6 Å². The number of ether oxygens (including phenoxy) is 2. The monoisotopic (exact) mass is 343 g/mol. The van der Waals surface area contributed by atoms with Crippen molar-refractivity contribution in [3.63, 3.8) is 0 Å². The molecule has 1 aromatic heterocycles. The predicted octanol–water partition coefficient (Wildman–Crippen LogP) is 4.15. The highest BCUT2D eigenvalue weighted by atomic mass is 16.5. The van der Waals surface area contributed by atoms with Crippen LogP contribution in [0.2, 0.25) is 0 Å². The maximum Gasteiger partial charge on any atom is 0.319 e. The average Bonchev–Trinajstić information content (AvgIpc) is 2.61. The molecule has 2 amide bonds. The van der Waals surface area contributed by atoms with Crippen LogP contribution < -0.4 is 20.1 Å². The second-order valence-electron chi connectivity index (χ2n) is 5.86. The zero-order valence-electron chi connectivity index (χ0n) is 15.1. The molecule has 0 aliphatic carbocycles. The largest absolute Gasteiger partial charge is 0.497 e. The first-order valence-electron chi connectivity index (χ1n) is 8.36. The average molecular weight is 343 g/mol. The number of anilines is 1. The molecule has 134 valence electrons. The molecule has 1 aromatic carbocycles. The van der Waals surface area contributed by atoms with Gasteiger partial charge in [-0.15, -0.1) is 0 Å². The van der Waals surface area contributed by atoms with Crippen LogP contribution >= 0.6 is 0 Å². The first-order chi connectivity index (χ1) is 12.0. The van der Waals surface area contributed by atoms with Gasteiger partial charge in [-0.3, -0.25) is 0 Å². The Hall–Kier alpha value is -2.76. The normalized spacial score (nSPS) is 11.7. The maximum absolute atomic E-state index is 12.4. The molecule has 1 atom stereocenters. The van der Waals surface area contributed by atoms with Crippen molar-refractivity contribution in [3.8, 4) is 11.6 Å². The highest BCUT2D eigenvalue weighted by Gasteiger charge is 2.15. The van der Waals surface area contributed by atoms with Crippen molar-refractivity contribution in [2.75, 3.05) is 12.4 Å². The SMILES string of the molecule is CCC(NC(=O)Nc1cccnc1OC(C)C)c1ccc(OC)cc1. The Labute approximate surface area is 148 Å². The van der Waals surface area contributed by atoms with Crippen molar-refractivity contribution in [2.24, 2.45) is 0 Å². The fourth-order valence-electron chi connectivity index (χ4n) is 2.38. The Morgan fingerprint density at radius 3 is 2.52 bits per heavy atom. The van der Waals surface area contributed by atoms with Crippen molar-refractivity contribution in [3.05, 3.63) is 48.2 Å². The van der Waals surface area contributed by atoms with E-state index in [0.29, 0.717) is 11.6 Å². The van der Waals surface area contributed by atoms with E-state index < -0.39 is 0 Å². The van der Waals surface area contributed by atoms with Crippen LogP contribution in [0.1, 0.15) is 38.8 Å². The number of rotatable bonds is 7. The molecular formula is C19H25N3O3. The van der Waals surface area contributed by atoms with E-state index in [1.54, 1.807) is 25.4 Å². The van der Waals surface area contributed by atoms with Gasteiger partial charge in [-0.1, -0.05) is 19.1 Å². The molecule has 2 aromatic rings. The van der Waals surface area contributed by atoms with Crippen LogP contribution in [0.4, 0.5) is 10.5 Å². The minimum Gasteiger partial charge on any atom is -0.497 e. The van der Waals surface area contributed by atoms with Crippen molar-refractivity contribution < 1.29 is 14.3 Å². The quantitative estimate of drug-likeness (QED) is 0.792. The minimum absolute atomic E-state index is 0.0267. The number of urea groups is 1. The molecule has 0 saturated carbocycles. The second kappa shape index (κ2) is 8.92. The lowest BCUT2D eigenvalue weighted by Gasteiger charge is -2.19. The van der Waals surface area contributed by atoms with Gasteiger partial charge in [0.25, 0.3) is 0 Å². The van der Waals surface area contributed by atoms with Gasteiger partial charge >= 0.3 is 6.03 Å². The molecule has 6 nitrogen and oxygen atoms in total.